The zero-order chi connectivity index (χ0) is 17.6. The van der Waals surface area contributed by atoms with Gasteiger partial charge in [-0.15, -0.1) is 0 Å². The van der Waals surface area contributed by atoms with Crippen molar-refractivity contribution in [1.82, 2.24) is 15.0 Å². The normalized spacial score (nSPS) is 12.7. The van der Waals surface area contributed by atoms with Gasteiger partial charge in [0.15, 0.2) is 0 Å². The summed E-state index contributed by atoms with van der Waals surface area (Å²) in [6, 6.07) is 7.48. The minimum Gasteiger partial charge on any atom is -0.369 e. The van der Waals surface area contributed by atoms with Crippen molar-refractivity contribution in [1.29, 1.82) is 0 Å². The Morgan fingerprint density at radius 1 is 1.24 bits per heavy atom. The molecule has 0 aliphatic carbocycles. The molecule has 1 aromatic carbocycles. The molecule has 0 saturated heterocycles. The average Bonchev–Trinajstić information content (AvgIpc) is 3.23. The molecule has 25 heavy (non-hydrogen) atoms. The molecule has 1 amide bonds. The van der Waals surface area contributed by atoms with Crippen molar-refractivity contribution >= 4 is 23.3 Å². The van der Waals surface area contributed by atoms with Crippen molar-refractivity contribution in [3.05, 3.63) is 52.4 Å². The van der Waals surface area contributed by atoms with Gasteiger partial charge in [0, 0.05) is 22.7 Å². The highest BCUT2D eigenvalue weighted by Gasteiger charge is 2.22. The molecule has 0 saturated carbocycles. The van der Waals surface area contributed by atoms with E-state index >= 15 is 0 Å². The van der Waals surface area contributed by atoms with Crippen LogP contribution in [-0.4, -0.2) is 27.4 Å². The molecule has 0 unspecified atom stereocenters. The summed E-state index contributed by atoms with van der Waals surface area (Å²) in [6.07, 6.45) is 2.35. The van der Waals surface area contributed by atoms with Crippen LogP contribution in [-0.2, 0) is 6.42 Å². The zero-order valence-corrected chi connectivity index (χ0v) is 14.3. The second-order valence-electron chi connectivity index (χ2n) is 6.02. The van der Waals surface area contributed by atoms with Gasteiger partial charge in [0.25, 0.3) is 5.91 Å². The average molecular weight is 354 g/mol. The number of carbonyl (C=O) groups is 1. The largest absolute Gasteiger partial charge is 0.369 e. The van der Waals surface area contributed by atoms with E-state index in [2.05, 4.69) is 20.3 Å². The number of nitrogens with two attached hydrogens (primary N) is 1. The Balaban J connectivity index is 1.92. The van der Waals surface area contributed by atoms with E-state index in [1.807, 2.05) is 31.2 Å². The van der Waals surface area contributed by atoms with Crippen LogP contribution in [0, 0.1) is 6.92 Å². The molecule has 0 spiro atoms. The summed E-state index contributed by atoms with van der Waals surface area (Å²) in [4.78, 5) is 23.8. The third kappa shape index (κ3) is 2.64. The molecule has 0 radical (unpaired) electrons. The molecule has 6 nitrogen and oxygen atoms in total. The number of carbonyl (C=O) groups excluding carboxylic acids is 1. The van der Waals surface area contributed by atoms with Gasteiger partial charge in [-0.25, -0.2) is 9.97 Å². The number of nitrogens with zero attached hydrogens (tertiary/aromatic N) is 2. The molecule has 0 atom stereocenters. The molecular formula is C18H16ClN5O. The lowest BCUT2D eigenvalue weighted by atomic mass is 10.00. The Bertz CT molecular complexity index is 995. The minimum atomic E-state index is -0.524. The molecule has 1 aliphatic rings. The van der Waals surface area contributed by atoms with E-state index in [0.29, 0.717) is 10.7 Å². The summed E-state index contributed by atoms with van der Waals surface area (Å²) in [5.41, 5.74) is 11.1. The first-order valence-electron chi connectivity index (χ1n) is 7.92. The van der Waals surface area contributed by atoms with E-state index in [-0.39, 0.29) is 0 Å². The van der Waals surface area contributed by atoms with E-state index in [9.17, 15) is 4.79 Å². The second-order valence-corrected chi connectivity index (χ2v) is 6.46. The summed E-state index contributed by atoms with van der Waals surface area (Å²) in [7, 11) is 0. The van der Waals surface area contributed by atoms with E-state index < -0.39 is 5.91 Å². The molecule has 126 valence electrons. The van der Waals surface area contributed by atoms with Crippen LogP contribution in [0.5, 0.6) is 0 Å². The number of aromatic nitrogens is 3. The monoisotopic (exact) mass is 353 g/mol. The first kappa shape index (κ1) is 15.7. The summed E-state index contributed by atoms with van der Waals surface area (Å²) < 4.78 is 0. The summed E-state index contributed by atoms with van der Waals surface area (Å²) >= 11 is 6.14. The number of nitrogens with one attached hydrogen (secondary N) is 2. The molecule has 3 aromatic rings. The van der Waals surface area contributed by atoms with Crippen molar-refractivity contribution in [2.75, 3.05) is 11.9 Å². The second kappa shape index (κ2) is 5.89. The van der Waals surface area contributed by atoms with Crippen molar-refractivity contribution < 1.29 is 4.79 Å². The number of fused-ring (bicyclic) bond motifs is 1. The lowest BCUT2D eigenvalue weighted by molar-refractivity contribution is 0.0997. The van der Waals surface area contributed by atoms with E-state index in [4.69, 9.17) is 17.3 Å². The van der Waals surface area contributed by atoms with Crippen LogP contribution >= 0.6 is 11.6 Å². The summed E-state index contributed by atoms with van der Waals surface area (Å²) in [5, 5.41) is 3.83. The summed E-state index contributed by atoms with van der Waals surface area (Å²) in [6.45, 7) is 2.79. The molecular weight excluding hydrogens is 338 g/mol. The van der Waals surface area contributed by atoms with Gasteiger partial charge < -0.3 is 16.0 Å². The fourth-order valence-electron chi connectivity index (χ4n) is 3.21. The quantitative estimate of drug-likeness (QED) is 0.673. The van der Waals surface area contributed by atoms with E-state index in [1.54, 1.807) is 0 Å². The first-order valence-corrected chi connectivity index (χ1v) is 8.30. The maximum Gasteiger partial charge on any atom is 0.265 e. The predicted octanol–water partition coefficient (Wildman–Crippen LogP) is 3.17. The van der Waals surface area contributed by atoms with Crippen LogP contribution in [0.25, 0.3) is 22.5 Å². The maximum atomic E-state index is 12.0. The van der Waals surface area contributed by atoms with Gasteiger partial charge >= 0.3 is 0 Å². The van der Waals surface area contributed by atoms with Crippen LogP contribution in [0.1, 0.15) is 21.6 Å². The lowest BCUT2D eigenvalue weighted by Crippen LogP contribution is -2.12. The standard InChI is InChI=1S/C18H16ClN5O/c1-9-2-3-10(19)6-12(9)13-7-14(24-16(13)17(20)25)15-11-4-5-21-18(11)23-8-22-15/h2-3,6-8,24H,4-5H2,1H3,(H2,20,25)(H,21,22,23). The highest BCUT2D eigenvalue weighted by Crippen LogP contribution is 2.35. The lowest BCUT2D eigenvalue weighted by Gasteiger charge is -2.06. The van der Waals surface area contributed by atoms with Gasteiger partial charge in [0.1, 0.15) is 17.8 Å². The van der Waals surface area contributed by atoms with Crippen LogP contribution < -0.4 is 11.1 Å². The first-order chi connectivity index (χ1) is 12.0. The Labute approximate surface area is 149 Å². The highest BCUT2D eigenvalue weighted by atomic mass is 35.5. The number of aryl methyl sites for hydroxylation is 1. The number of primary amides is 1. The number of halogens is 1. The van der Waals surface area contributed by atoms with Crippen LogP contribution in [0.15, 0.2) is 30.6 Å². The highest BCUT2D eigenvalue weighted by molar-refractivity contribution is 6.31. The van der Waals surface area contributed by atoms with E-state index in [0.717, 1.165) is 52.4 Å². The number of hydrogen-bond donors (Lipinski definition) is 3. The number of aromatic amines is 1. The molecule has 1 aliphatic heterocycles. The van der Waals surface area contributed by atoms with Gasteiger partial charge in [0.05, 0.1) is 11.4 Å². The number of H-pyrrole nitrogens is 1. The fraction of sp³-hybridized carbons (Fsp3) is 0.167. The smallest absolute Gasteiger partial charge is 0.265 e. The van der Waals surface area contributed by atoms with Crippen molar-refractivity contribution in [2.45, 2.75) is 13.3 Å². The van der Waals surface area contributed by atoms with Gasteiger partial charge in [0.2, 0.25) is 0 Å². The minimum absolute atomic E-state index is 0.346. The van der Waals surface area contributed by atoms with Gasteiger partial charge in [-0.3, -0.25) is 4.79 Å². The van der Waals surface area contributed by atoms with Crippen molar-refractivity contribution in [2.24, 2.45) is 5.73 Å². The Morgan fingerprint density at radius 3 is 2.88 bits per heavy atom. The topological polar surface area (TPSA) is 96.7 Å². The van der Waals surface area contributed by atoms with Crippen LogP contribution in [0.2, 0.25) is 5.02 Å². The third-order valence-corrected chi connectivity index (χ3v) is 4.66. The fourth-order valence-corrected chi connectivity index (χ4v) is 3.38. The number of rotatable bonds is 3. The number of hydrogen-bond acceptors (Lipinski definition) is 4. The Kier molecular flexibility index (Phi) is 3.69. The van der Waals surface area contributed by atoms with Gasteiger partial charge in [-0.2, -0.15) is 0 Å². The molecule has 0 bridgehead atoms. The Morgan fingerprint density at radius 2 is 2.08 bits per heavy atom. The van der Waals surface area contributed by atoms with Gasteiger partial charge in [-0.05, 0) is 42.7 Å². The third-order valence-electron chi connectivity index (χ3n) is 4.42. The maximum absolute atomic E-state index is 12.0. The predicted molar refractivity (Wildman–Crippen MR) is 97.7 cm³/mol. The van der Waals surface area contributed by atoms with E-state index in [1.165, 1.54) is 6.33 Å². The van der Waals surface area contributed by atoms with Crippen LogP contribution in [0.3, 0.4) is 0 Å². The number of anilines is 1. The van der Waals surface area contributed by atoms with Crippen LogP contribution in [0.4, 0.5) is 5.82 Å². The molecule has 4 N–H and O–H groups in total. The zero-order valence-electron chi connectivity index (χ0n) is 13.6. The molecule has 2 aromatic heterocycles. The Hall–Kier alpha value is -2.86. The molecule has 4 rings (SSSR count). The van der Waals surface area contributed by atoms with Gasteiger partial charge in [-0.1, -0.05) is 17.7 Å². The molecule has 0 fully saturated rings. The summed E-state index contributed by atoms with van der Waals surface area (Å²) in [5.74, 6) is 0.310. The number of amides is 1. The SMILES string of the molecule is Cc1ccc(Cl)cc1-c1cc(-c2ncnc3c2CCN3)[nH]c1C(N)=O. The molecule has 7 heteroatoms. The molecule has 3 heterocycles. The van der Waals surface area contributed by atoms with Crippen molar-refractivity contribution in [3.63, 3.8) is 0 Å². The number of benzene rings is 1. The van der Waals surface area contributed by atoms with Crippen molar-refractivity contribution in [3.8, 4) is 22.5 Å².